The van der Waals surface area contributed by atoms with Gasteiger partial charge in [0, 0.05) is 18.1 Å². The summed E-state index contributed by atoms with van der Waals surface area (Å²) in [4.78, 5) is 2.37. The summed E-state index contributed by atoms with van der Waals surface area (Å²) in [5.74, 6) is -0.0682. The third-order valence-corrected chi connectivity index (χ3v) is 4.60. The van der Waals surface area contributed by atoms with Crippen LogP contribution in [0.1, 0.15) is 39.0 Å². The summed E-state index contributed by atoms with van der Waals surface area (Å²) >= 11 is 0. The minimum atomic E-state index is -0.0682. The smallest absolute Gasteiger partial charge is 0.146 e. The van der Waals surface area contributed by atoms with Crippen LogP contribution in [-0.2, 0) is 0 Å². The average molecular weight is 262 g/mol. The van der Waals surface area contributed by atoms with Crippen LogP contribution in [0.4, 0.5) is 10.1 Å². The minimum absolute atomic E-state index is 0.0682. The number of hydrogen-bond acceptors (Lipinski definition) is 2. The Morgan fingerprint density at radius 3 is 2.53 bits per heavy atom. The lowest BCUT2D eigenvalue weighted by Crippen LogP contribution is -2.56. The van der Waals surface area contributed by atoms with Gasteiger partial charge >= 0.3 is 0 Å². The topological polar surface area (TPSA) is 15.3 Å². The summed E-state index contributed by atoms with van der Waals surface area (Å²) < 4.78 is 14.1. The number of nitrogens with zero attached hydrogens (tertiary/aromatic N) is 1. The highest BCUT2D eigenvalue weighted by Crippen LogP contribution is 2.38. The maximum absolute atomic E-state index is 14.1. The molecule has 0 radical (unpaired) electrons. The van der Waals surface area contributed by atoms with E-state index in [1.165, 1.54) is 19.3 Å². The van der Waals surface area contributed by atoms with Gasteiger partial charge in [-0.2, -0.15) is 0 Å². The highest BCUT2D eigenvalue weighted by atomic mass is 19.1. The molecule has 0 saturated carbocycles. The van der Waals surface area contributed by atoms with Crippen LogP contribution in [0.25, 0.3) is 0 Å². The summed E-state index contributed by atoms with van der Waals surface area (Å²) in [5, 5.41) is 3.58. The summed E-state index contributed by atoms with van der Waals surface area (Å²) in [6, 6.07) is 8.88. The first kappa shape index (κ1) is 12.9. The van der Waals surface area contributed by atoms with Gasteiger partial charge in [0.05, 0.1) is 5.69 Å². The highest BCUT2D eigenvalue weighted by molar-refractivity contribution is 5.51. The van der Waals surface area contributed by atoms with Crippen molar-refractivity contribution in [3.05, 3.63) is 30.1 Å². The summed E-state index contributed by atoms with van der Waals surface area (Å²) in [7, 11) is 0. The number of halogens is 1. The van der Waals surface area contributed by atoms with Gasteiger partial charge in [0.15, 0.2) is 0 Å². The molecular weight excluding hydrogens is 239 g/mol. The summed E-state index contributed by atoms with van der Waals surface area (Å²) in [6.07, 6.45) is 6.00. The first-order valence-electron chi connectivity index (χ1n) is 7.56. The molecule has 2 saturated heterocycles. The molecule has 1 aromatic rings. The third-order valence-electron chi connectivity index (χ3n) is 4.60. The Morgan fingerprint density at radius 2 is 1.89 bits per heavy atom. The van der Waals surface area contributed by atoms with Crippen LogP contribution in [0.5, 0.6) is 0 Å². The second-order valence-electron chi connectivity index (χ2n) is 5.82. The van der Waals surface area contributed by atoms with E-state index in [1.54, 1.807) is 12.1 Å². The second kappa shape index (κ2) is 5.49. The van der Waals surface area contributed by atoms with Crippen molar-refractivity contribution >= 4 is 5.69 Å². The van der Waals surface area contributed by atoms with Crippen LogP contribution in [0.3, 0.4) is 0 Å². The number of hydrogen-bond donors (Lipinski definition) is 1. The van der Waals surface area contributed by atoms with Crippen molar-refractivity contribution in [1.82, 2.24) is 5.32 Å². The predicted molar refractivity (Wildman–Crippen MR) is 77.0 cm³/mol. The van der Waals surface area contributed by atoms with Crippen molar-refractivity contribution in [3.8, 4) is 0 Å². The van der Waals surface area contributed by atoms with E-state index in [2.05, 4.69) is 17.1 Å². The van der Waals surface area contributed by atoms with Crippen molar-refractivity contribution in [2.75, 3.05) is 11.4 Å². The molecule has 0 aromatic heterocycles. The van der Waals surface area contributed by atoms with E-state index in [1.807, 2.05) is 12.1 Å². The van der Waals surface area contributed by atoms with Crippen LogP contribution < -0.4 is 10.2 Å². The highest BCUT2D eigenvalue weighted by Gasteiger charge is 2.38. The first-order chi connectivity index (χ1) is 9.29. The van der Waals surface area contributed by atoms with Crippen LogP contribution in [0.15, 0.2) is 24.3 Å². The molecule has 2 fully saturated rings. The first-order valence-corrected chi connectivity index (χ1v) is 7.56. The summed E-state index contributed by atoms with van der Waals surface area (Å²) in [6.45, 7) is 3.20. The van der Waals surface area contributed by atoms with Crippen LogP contribution in [-0.4, -0.2) is 24.7 Å². The van der Waals surface area contributed by atoms with Crippen LogP contribution >= 0.6 is 0 Å². The van der Waals surface area contributed by atoms with Gasteiger partial charge in [-0.25, -0.2) is 4.39 Å². The van der Waals surface area contributed by atoms with Crippen LogP contribution in [0, 0.1) is 5.82 Å². The number of piperidine rings is 2. The zero-order chi connectivity index (χ0) is 13.2. The number of benzene rings is 1. The Hall–Kier alpha value is -1.09. The van der Waals surface area contributed by atoms with Crippen molar-refractivity contribution in [2.45, 2.75) is 57.2 Å². The zero-order valence-electron chi connectivity index (χ0n) is 11.6. The normalized spacial score (nSPS) is 30.4. The maximum atomic E-state index is 14.1. The van der Waals surface area contributed by atoms with E-state index >= 15 is 0 Å². The molecule has 104 valence electrons. The van der Waals surface area contributed by atoms with Gasteiger partial charge in [0.25, 0.3) is 0 Å². The molecular formula is C16H23FN2. The van der Waals surface area contributed by atoms with Crippen LogP contribution in [0.2, 0.25) is 0 Å². The van der Waals surface area contributed by atoms with Crippen molar-refractivity contribution in [2.24, 2.45) is 0 Å². The lowest BCUT2D eigenvalue weighted by Gasteiger charge is -2.50. The molecule has 19 heavy (non-hydrogen) atoms. The van der Waals surface area contributed by atoms with E-state index in [0.29, 0.717) is 18.1 Å². The molecule has 2 heterocycles. The molecule has 0 spiro atoms. The molecule has 1 aromatic carbocycles. The van der Waals surface area contributed by atoms with Gasteiger partial charge in [0.1, 0.15) is 5.82 Å². The van der Waals surface area contributed by atoms with Gasteiger partial charge in [0.2, 0.25) is 0 Å². The van der Waals surface area contributed by atoms with Crippen molar-refractivity contribution in [1.29, 1.82) is 0 Å². The second-order valence-corrected chi connectivity index (χ2v) is 5.82. The van der Waals surface area contributed by atoms with Gasteiger partial charge in [-0.1, -0.05) is 19.1 Å². The molecule has 0 aliphatic carbocycles. The molecule has 2 aliphatic rings. The molecule has 3 heteroatoms. The van der Waals surface area contributed by atoms with Crippen molar-refractivity contribution < 1.29 is 4.39 Å². The Labute approximate surface area is 115 Å². The SMILES string of the molecule is CCNC1CC2CCCC(C1)N2c1ccccc1F. The fourth-order valence-electron chi connectivity index (χ4n) is 3.89. The number of anilines is 1. The predicted octanol–water partition coefficient (Wildman–Crippen LogP) is 3.33. The van der Waals surface area contributed by atoms with Gasteiger partial charge in [-0.3, -0.25) is 0 Å². The maximum Gasteiger partial charge on any atom is 0.146 e. The number of nitrogens with one attached hydrogen (secondary N) is 1. The van der Waals surface area contributed by atoms with E-state index in [0.717, 1.165) is 25.1 Å². The Balaban J connectivity index is 1.85. The quantitative estimate of drug-likeness (QED) is 0.899. The number of fused-ring (bicyclic) bond motifs is 2. The Kier molecular flexibility index (Phi) is 3.74. The summed E-state index contributed by atoms with van der Waals surface area (Å²) in [5.41, 5.74) is 0.812. The largest absolute Gasteiger partial charge is 0.363 e. The molecule has 0 amide bonds. The van der Waals surface area contributed by atoms with E-state index in [-0.39, 0.29) is 5.82 Å². The van der Waals surface area contributed by atoms with Gasteiger partial charge in [-0.05, 0) is 50.8 Å². The number of para-hydroxylation sites is 1. The minimum Gasteiger partial charge on any atom is -0.363 e. The fraction of sp³-hybridized carbons (Fsp3) is 0.625. The van der Waals surface area contributed by atoms with Gasteiger partial charge < -0.3 is 10.2 Å². The van der Waals surface area contributed by atoms with Gasteiger partial charge in [-0.15, -0.1) is 0 Å². The standard InChI is InChI=1S/C16H23FN2/c1-2-18-12-10-13-6-5-7-14(11-12)19(13)16-9-4-3-8-15(16)17/h3-4,8-9,12-14,18H,2,5-7,10-11H2,1H3. The Morgan fingerprint density at radius 1 is 1.21 bits per heavy atom. The Bertz CT molecular complexity index is 421. The van der Waals surface area contributed by atoms with E-state index in [9.17, 15) is 4.39 Å². The molecule has 2 aliphatic heterocycles. The lowest BCUT2D eigenvalue weighted by atomic mass is 9.81. The monoisotopic (exact) mass is 262 g/mol. The fourth-order valence-corrected chi connectivity index (χ4v) is 3.89. The molecule has 3 rings (SSSR count). The zero-order valence-corrected chi connectivity index (χ0v) is 11.6. The van der Waals surface area contributed by atoms with E-state index < -0.39 is 0 Å². The molecule has 2 nitrogen and oxygen atoms in total. The van der Waals surface area contributed by atoms with Crippen molar-refractivity contribution in [3.63, 3.8) is 0 Å². The molecule has 2 unspecified atom stereocenters. The molecule has 2 atom stereocenters. The average Bonchev–Trinajstić information content (AvgIpc) is 2.39. The molecule has 1 N–H and O–H groups in total. The lowest BCUT2D eigenvalue weighted by molar-refractivity contribution is 0.246. The van der Waals surface area contributed by atoms with E-state index in [4.69, 9.17) is 0 Å². The number of rotatable bonds is 3. The molecule has 2 bridgehead atoms. The third kappa shape index (κ3) is 2.48.